The second kappa shape index (κ2) is 5.59. The number of rotatable bonds is 4. The molecule has 6 nitrogen and oxygen atoms in total. The maximum Gasteiger partial charge on any atom is 0.238 e. The molecule has 0 spiro atoms. The summed E-state index contributed by atoms with van der Waals surface area (Å²) in [5.41, 5.74) is 6.95. The number of likely N-dealkylation sites (tertiary alicyclic amines) is 1. The van der Waals surface area contributed by atoms with E-state index in [4.69, 9.17) is 10.9 Å². The molecule has 2 rings (SSSR count). The quantitative estimate of drug-likeness (QED) is 0.780. The van der Waals surface area contributed by atoms with Crippen LogP contribution in [-0.2, 0) is 10.0 Å². The van der Waals surface area contributed by atoms with Crippen molar-refractivity contribution in [1.82, 2.24) is 4.90 Å². The fourth-order valence-corrected chi connectivity index (χ4v) is 3.24. The molecular weight excluding hydrogens is 276 g/mol. The predicted molar refractivity (Wildman–Crippen MR) is 81.1 cm³/mol. The lowest BCUT2D eigenvalue weighted by Crippen LogP contribution is -2.27. The Morgan fingerprint density at radius 1 is 1.40 bits per heavy atom. The minimum absolute atomic E-state index is 0.0582. The van der Waals surface area contributed by atoms with E-state index in [9.17, 15) is 8.42 Å². The lowest BCUT2D eigenvalue weighted by atomic mass is 10.1. The van der Waals surface area contributed by atoms with Crippen LogP contribution in [0.1, 0.15) is 6.42 Å². The van der Waals surface area contributed by atoms with Crippen molar-refractivity contribution in [2.75, 3.05) is 44.4 Å². The molecule has 1 unspecified atom stereocenters. The monoisotopic (exact) mass is 298 g/mol. The number of hydrogen-bond donors (Lipinski definition) is 2. The minimum atomic E-state index is -3.73. The van der Waals surface area contributed by atoms with E-state index in [1.54, 1.807) is 12.1 Å². The highest BCUT2D eigenvalue weighted by Crippen LogP contribution is 2.24. The molecule has 0 saturated carbocycles. The van der Waals surface area contributed by atoms with Gasteiger partial charge in [0.15, 0.2) is 0 Å². The van der Waals surface area contributed by atoms with Gasteiger partial charge in [-0.3, -0.25) is 0 Å². The Balaban J connectivity index is 2.17. The molecule has 0 aromatic heterocycles. The molecule has 1 aliphatic heterocycles. The smallest absolute Gasteiger partial charge is 0.238 e. The van der Waals surface area contributed by atoms with Gasteiger partial charge in [0, 0.05) is 31.5 Å². The number of anilines is 2. The Labute approximate surface area is 120 Å². The number of nitrogens with two attached hydrogens (primary N) is 2. The third-order valence-corrected chi connectivity index (χ3v) is 4.60. The first-order chi connectivity index (χ1) is 9.25. The van der Waals surface area contributed by atoms with Crippen molar-refractivity contribution in [3.8, 4) is 0 Å². The van der Waals surface area contributed by atoms with Crippen molar-refractivity contribution in [1.29, 1.82) is 0 Å². The van der Waals surface area contributed by atoms with Crippen LogP contribution in [-0.4, -0.2) is 47.0 Å². The molecule has 0 radical (unpaired) electrons. The minimum Gasteiger partial charge on any atom is -0.399 e. The first-order valence-corrected chi connectivity index (χ1v) is 8.13. The van der Waals surface area contributed by atoms with Crippen LogP contribution >= 0.6 is 0 Å². The molecule has 1 heterocycles. The molecule has 0 aliphatic carbocycles. The van der Waals surface area contributed by atoms with Gasteiger partial charge in [0.2, 0.25) is 10.0 Å². The summed E-state index contributed by atoms with van der Waals surface area (Å²) in [5, 5.41) is 5.17. The number of primary sulfonamides is 1. The van der Waals surface area contributed by atoms with Crippen molar-refractivity contribution in [2.24, 2.45) is 11.1 Å². The van der Waals surface area contributed by atoms with E-state index >= 15 is 0 Å². The highest BCUT2D eigenvalue weighted by molar-refractivity contribution is 7.89. The third kappa shape index (κ3) is 3.62. The van der Waals surface area contributed by atoms with Crippen molar-refractivity contribution >= 4 is 21.4 Å². The van der Waals surface area contributed by atoms with Crippen LogP contribution in [0.15, 0.2) is 23.1 Å². The van der Waals surface area contributed by atoms with Crippen LogP contribution in [0.4, 0.5) is 11.4 Å². The number of benzene rings is 1. The molecule has 7 heteroatoms. The maximum atomic E-state index is 11.4. The van der Waals surface area contributed by atoms with Crippen molar-refractivity contribution < 1.29 is 8.42 Å². The molecule has 0 bridgehead atoms. The number of nitrogens with zero attached hydrogens (tertiary/aromatic N) is 2. The van der Waals surface area contributed by atoms with Crippen molar-refractivity contribution in [3.63, 3.8) is 0 Å². The van der Waals surface area contributed by atoms with Gasteiger partial charge in [-0.05, 0) is 44.1 Å². The fourth-order valence-electron chi connectivity index (χ4n) is 2.66. The Morgan fingerprint density at radius 3 is 2.65 bits per heavy atom. The van der Waals surface area contributed by atoms with E-state index in [1.165, 1.54) is 6.07 Å². The molecular formula is C13H22N4O2S. The predicted octanol–water partition coefficient (Wildman–Crippen LogP) is 0.304. The Morgan fingerprint density at radius 2 is 2.10 bits per heavy atom. The van der Waals surface area contributed by atoms with Gasteiger partial charge in [-0.2, -0.15) is 0 Å². The summed E-state index contributed by atoms with van der Waals surface area (Å²) in [4.78, 5) is 4.39. The number of nitrogen functional groups attached to an aromatic ring is 1. The average Bonchev–Trinajstić information content (AvgIpc) is 2.72. The van der Waals surface area contributed by atoms with E-state index in [0.717, 1.165) is 31.7 Å². The number of sulfonamides is 1. The maximum absolute atomic E-state index is 11.4. The van der Waals surface area contributed by atoms with Gasteiger partial charge in [-0.15, -0.1) is 0 Å². The van der Waals surface area contributed by atoms with Crippen LogP contribution in [0, 0.1) is 5.92 Å². The first-order valence-electron chi connectivity index (χ1n) is 6.59. The van der Waals surface area contributed by atoms with Crippen LogP contribution in [0.3, 0.4) is 0 Å². The van der Waals surface area contributed by atoms with Crippen LogP contribution in [0.2, 0.25) is 0 Å². The molecule has 1 fully saturated rings. The Bertz CT molecular complexity index is 588. The molecule has 4 N–H and O–H groups in total. The van der Waals surface area contributed by atoms with Gasteiger partial charge in [0.05, 0.1) is 4.90 Å². The Hall–Kier alpha value is -1.31. The zero-order valence-corrected chi connectivity index (χ0v) is 12.7. The average molecular weight is 298 g/mol. The summed E-state index contributed by atoms with van der Waals surface area (Å²) in [7, 11) is 0.323. The topological polar surface area (TPSA) is 92.7 Å². The van der Waals surface area contributed by atoms with Gasteiger partial charge in [0.25, 0.3) is 0 Å². The van der Waals surface area contributed by atoms with Gasteiger partial charge in [0.1, 0.15) is 0 Å². The molecule has 112 valence electrons. The summed E-state index contributed by atoms with van der Waals surface area (Å²) in [6.45, 7) is 3.05. The lowest BCUT2D eigenvalue weighted by molar-refractivity contribution is 0.396. The first kappa shape index (κ1) is 15.1. The molecule has 1 aromatic rings. The summed E-state index contributed by atoms with van der Waals surface area (Å²) in [6, 6.07) is 4.73. The van der Waals surface area contributed by atoms with Crippen LogP contribution < -0.4 is 15.8 Å². The summed E-state index contributed by atoms with van der Waals surface area (Å²) >= 11 is 0. The van der Waals surface area contributed by atoms with Gasteiger partial charge in [-0.1, -0.05) is 0 Å². The number of hydrogen-bond acceptors (Lipinski definition) is 5. The zero-order chi connectivity index (χ0) is 14.9. The third-order valence-electron chi connectivity index (χ3n) is 3.70. The molecule has 1 atom stereocenters. The largest absolute Gasteiger partial charge is 0.399 e. The van der Waals surface area contributed by atoms with Gasteiger partial charge in [-0.25, -0.2) is 13.6 Å². The second-order valence-electron chi connectivity index (χ2n) is 5.60. The van der Waals surface area contributed by atoms with Crippen LogP contribution in [0.25, 0.3) is 0 Å². The summed E-state index contributed by atoms with van der Waals surface area (Å²) in [6.07, 6.45) is 1.16. The normalized spacial score (nSPS) is 20.2. The molecule has 0 amide bonds. The van der Waals surface area contributed by atoms with Gasteiger partial charge < -0.3 is 15.5 Å². The van der Waals surface area contributed by atoms with Crippen molar-refractivity contribution in [3.05, 3.63) is 18.2 Å². The van der Waals surface area contributed by atoms with E-state index in [2.05, 4.69) is 11.9 Å². The molecule has 20 heavy (non-hydrogen) atoms. The molecule has 1 aliphatic rings. The van der Waals surface area contributed by atoms with E-state index in [0.29, 0.717) is 11.6 Å². The lowest BCUT2D eigenvalue weighted by Gasteiger charge is -2.24. The Kier molecular flexibility index (Phi) is 4.22. The van der Waals surface area contributed by atoms with E-state index in [-0.39, 0.29) is 4.90 Å². The van der Waals surface area contributed by atoms with E-state index < -0.39 is 10.0 Å². The molecule has 1 saturated heterocycles. The standard InChI is InChI=1S/C13H22N4O2S/c1-16-4-3-10(8-16)9-17(2)12-5-11(14)6-13(7-12)20(15,18)19/h5-7,10H,3-4,8-9,14H2,1-2H3,(H2,15,18,19). The highest BCUT2D eigenvalue weighted by atomic mass is 32.2. The second-order valence-corrected chi connectivity index (χ2v) is 7.16. The van der Waals surface area contributed by atoms with Crippen molar-refractivity contribution in [2.45, 2.75) is 11.3 Å². The fraction of sp³-hybridized carbons (Fsp3) is 0.538. The zero-order valence-electron chi connectivity index (χ0n) is 11.9. The highest BCUT2D eigenvalue weighted by Gasteiger charge is 2.21. The summed E-state index contributed by atoms with van der Waals surface area (Å²) in [5.74, 6) is 0.587. The van der Waals surface area contributed by atoms with Crippen LogP contribution in [0.5, 0.6) is 0 Å². The SMILES string of the molecule is CN1CCC(CN(C)c2cc(N)cc(S(N)(=O)=O)c2)C1. The molecule has 1 aromatic carbocycles. The summed E-state index contributed by atoms with van der Waals surface area (Å²) < 4.78 is 22.9. The van der Waals surface area contributed by atoms with E-state index in [1.807, 2.05) is 11.9 Å². The van der Waals surface area contributed by atoms with Gasteiger partial charge >= 0.3 is 0 Å².